The van der Waals surface area contributed by atoms with Crippen molar-refractivity contribution in [2.45, 2.75) is 43.2 Å². The van der Waals surface area contributed by atoms with E-state index < -0.39 is 10.0 Å². The van der Waals surface area contributed by atoms with Crippen molar-refractivity contribution in [3.05, 3.63) is 47.8 Å². The van der Waals surface area contributed by atoms with E-state index in [1.54, 1.807) is 18.2 Å². The molecule has 1 fully saturated rings. The van der Waals surface area contributed by atoms with E-state index in [1.165, 1.54) is 25.7 Å². The van der Waals surface area contributed by atoms with E-state index in [9.17, 15) is 8.42 Å². The van der Waals surface area contributed by atoms with Gasteiger partial charge in [-0.15, -0.1) is 0 Å². The highest BCUT2D eigenvalue weighted by Crippen LogP contribution is 2.28. The van der Waals surface area contributed by atoms with Gasteiger partial charge in [0.25, 0.3) is 10.0 Å². The number of nitrogens with one attached hydrogen (secondary N) is 1. The Balaban J connectivity index is 1.56. The molecule has 1 aromatic heterocycles. The smallest absolute Gasteiger partial charge is 0.263 e. The molecular weight excluding hydrogens is 312 g/mol. The van der Waals surface area contributed by atoms with E-state index in [4.69, 9.17) is 0 Å². The molecule has 0 spiro atoms. The first-order valence-electron chi connectivity index (χ1n) is 7.84. The van der Waals surface area contributed by atoms with Gasteiger partial charge in [-0.05, 0) is 31.0 Å². The number of aromatic nitrogens is 2. The molecule has 0 amide bonds. The summed E-state index contributed by atoms with van der Waals surface area (Å²) < 4.78 is 28.6. The summed E-state index contributed by atoms with van der Waals surface area (Å²) in [7, 11) is -3.47. The number of hydrogen-bond donors (Lipinski definition) is 1. The van der Waals surface area contributed by atoms with Crippen LogP contribution in [0.25, 0.3) is 0 Å². The molecule has 120 valence electrons. The lowest BCUT2D eigenvalue weighted by atomic mass is 10.2. The van der Waals surface area contributed by atoms with Gasteiger partial charge in [-0.1, -0.05) is 25.0 Å². The molecule has 2 heterocycles. The molecule has 6 nitrogen and oxygen atoms in total. The normalized spacial score (nSPS) is 21.5. The summed E-state index contributed by atoms with van der Waals surface area (Å²) in [5.41, 5.74) is 1.48. The number of fused-ring (bicyclic) bond motifs is 1. The van der Waals surface area contributed by atoms with Crippen LogP contribution >= 0.6 is 0 Å². The number of rotatable bonds is 3. The Hall–Kier alpha value is -2.15. The quantitative estimate of drug-likeness (QED) is 0.937. The Morgan fingerprint density at radius 2 is 2.00 bits per heavy atom. The molecule has 2 aliphatic rings. The van der Waals surface area contributed by atoms with Gasteiger partial charge in [0.05, 0.1) is 23.2 Å². The molecule has 0 unspecified atom stereocenters. The van der Waals surface area contributed by atoms with Crippen LogP contribution in [0.1, 0.15) is 43.0 Å². The number of amidine groups is 1. The van der Waals surface area contributed by atoms with Crippen molar-refractivity contribution < 1.29 is 8.42 Å². The topological polar surface area (TPSA) is 76.3 Å². The van der Waals surface area contributed by atoms with Gasteiger partial charge >= 0.3 is 0 Å². The predicted molar refractivity (Wildman–Crippen MR) is 86.7 cm³/mol. The summed E-state index contributed by atoms with van der Waals surface area (Å²) in [5.74, 6) is 0.399. The third-order valence-electron chi connectivity index (χ3n) is 4.42. The SMILES string of the molecule is O=S1(=O)NC(=NCc2ccn(C3CCCC3)n2)c2ccccc21. The minimum Gasteiger partial charge on any atom is -0.269 e. The fourth-order valence-electron chi connectivity index (χ4n) is 3.25. The minimum absolute atomic E-state index is 0.287. The lowest BCUT2D eigenvalue weighted by Gasteiger charge is -2.08. The molecule has 1 N–H and O–H groups in total. The second-order valence-corrected chi connectivity index (χ2v) is 7.64. The highest BCUT2D eigenvalue weighted by Gasteiger charge is 2.30. The van der Waals surface area contributed by atoms with Gasteiger partial charge in [0.2, 0.25) is 0 Å². The Kier molecular flexibility index (Phi) is 3.45. The van der Waals surface area contributed by atoms with Crippen molar-refractivity contribution in [2.75, 3.05) is 0 Å². The minimum atomic E-state index is -3.47. The van der Waals surface area contributed by atoms with E-state index in [1.807, 2.05) is 23.0 Å². The largest absolute Gasteiger partial charge is 0.269 e. The van der Waals surface area contributed by atoms with Crippen LogP contribution < -0.4 is 4.72 Å². The molecule has 1 aromatic carbocycles. The lowest BCUT2D eigenvalue weighted by molar-refractivity contribution is 0.463. The first-order chi connectivity index (χ1) is 11.1. The average molecular weight is 330 g/mol. The Bertz CT molecular complexity index is 864. The van der Waals surface area contributed by atoms with Gasteiger partial charge in [0.15, 0.2) is 0 Å². The van der Waals surface area contributed by atoms with Crippen LogP contribution in [-0.2, 0) is 16.6 Å². The molecule has 1 aliphatic carbocycles. The van der Waals surface area contributed by atoms with Gasteiger partial charge in [-0.25, -0.2) is 8.42 Å². The third kappa shape index (κ3) is 2.65. The summed E-state index contributed by atoms with van der Waals surface area (Å²) in [5, 5.41) is 4.58. The van der Waals surface area contributed by atoms with E-state index >= 15 is 0 Å². The number of aliphatic imine (C=N–C) groups is 1. The molecule has 23 heavy (non-hydrogen) atoms. The molecule has 0 atom stereocenters. The maximum Gasteiger partial charge on any atom is 0.263 e. The summed E-state index contributed by atoms with van der Waals surface area (Å²) in [6, 6.07) is 9.34. The predicted octanol–water partition coefficient (Wildman–Crippen LogP) is 2.24. The van der Waals surface area contributed by atoms with Crippen molar-refractivity contribution in [1.82, 2.24) is 14.5 Å². The van der Waals surface area contributed by atoms with Crippen LogP contribution in [0.3, 0.4) is 0 Å². The van der Waals surface area contributed by atoms with Crippen LogP contribution in [-0.4, -0.2) is 24.0 Å². The Labute approximate surface area is 135 Å². The summed E-state index contributed by atoms with van der Waals surface area (Å²) >= 11 is 0. The number of benzene rings is 1. The monoisotopic (exact) mass is 330 g/mol. The first kappa shape index (κ1) is 14.4. The highest BCUT2D eigenvalue weighted by atomic mass is 32.2. The zero-order valence-corrected chi connectivity index (χ0v) is 13.5. The maximum atomic E-state index is 12.0. The zero-order chi connectivity index (χ0) is 15.9. The molecule has 1 saturated carbocycles. The standard InChI is InChI=1S/C16H18N4O2S/c21-23(22)15-8-4-3-7-14(15)16(19-23)17-11-12-9-10-20(18-12)13-5-1-2-6-13/h3-4,7-10,13H,1-2,5-6,11H2,(H,17,19). The van der Waals surface area contributed by atoms with E-state index in [-0.39, 0.29) is 4.90 Å². The maximum absolute atomic E-state index is 12.0. The van der Waals surface area contributed by atoms with Crippen LogP contribution in [0.2, 0.25) is 0 Å². The summed E-state index contributed by atoms with van der Waals surface area (Å²) in [6.07, 6.45) is 6.89. The molecule has 2 aromatic rings. The first-order valence-corrected chi connectivity index (χ1v) is 9.32. The number of sulfonamides is 1. The molecule has 7 heteroatoms. The van der Waals surface area contributed by atoms with Crippen molar-refractivity contribution in [1.29, 1.82) is 0 Å². The van der Waals surface area contributed by atoms with Gasteiger partial charge in [-0.3, -0.25) is 14.4 Å². The Morgan fingerprint density at radius 3 is 2.83 bits per heavy atom. The molecule has 0 bridgehead atoms. The summed E-state index contributed by atoms with van der Waals surface area (Å²) in [4.78, 5) is 4.71. The fraction of sp³-hybridized carbons (Fsp3) is 0.375. The van der Waals surface area contributed by atoms with Crippen molar-refractivity contribution in [3.63, 3.8) is 0 Å². The van der Waals surface area contributed by atoms with Crippen LogP contribution in [0.5, 0.6) is 0 Å². The fourth-order valence-corrected chi connectivity index (χ4v) is 4.50. The number of nitrogens with zero attached hydrogens (tertiary/aromatic N) is 3. The summed E-state index contributed by atoms with van der Waals surface area (Å²) in [6.45, 7) is 0.367. The lowest BCUT2D eigenvalue weighted by Crippen LogP contribution is -2.22. The molecule has 0 radical (unpaired) electrons. The molecule has 1 aliphatic heterocycles. The molecule has 0 saturated heterocycles. The van der Waals surface area contributed by atoms with Gasteiger partial charge in [0, 0.05) is 11.8 Å². The highest BCUT2D eigenvalue weighted by molar-refractivity contribution is 7.90. The van der Waals surface area contributed by atoms with Crippen LogP contribution in [0.4, 0.5) is 0 Å². The van der Waals surface area contributed by atoms with Crippen LogP contribution in [0.15, 0.2) is 46.4 Å². The van der Waals surface area contributed by atoms with Gasteiger partial charge < -0.3 is 0 Å². The van der Waals surface area contributed by atoms with Crippen molar-refractivity contribution >= 4 is 15.9 Å². The van der Waals surface area contributed by atoms with Crippen molar-refractivity contribution in [2.24, 2.45) is 4.99 Å². The van der Waals surface area contributed by atoms with Gasteiger partial charge in [0.1, 0.15) is 5.84 Å². The second-order valence-electron chi connectivity index (χ2n) is 5.99. The van der Waals surface area contributed by atoms with Gasteiger partial charge in [-0.2, -0.15) is 5.10 Å². The molecular formula is C16H18N4O2S. The van der Waals surface area contributed by atoms with Crippen LogP contribution in [0, 0.1) is 0 Å². The third-order valence-corrected chi connectivity index (χ3v) is 5.82. The zero-order valence-electron chi connectivity index (χ0n) is 12.6. The Morgan fingerprint density at radius 1 is 1.22 bits per heavy atom. The average Bonchev–Trinajstić information content (AvgIpc) is 3.25. The van der Waals surface area contributed by atoms with Crippen molar-refractivity contribution in [3.8, 4) is 0 Å². The number of hydrogen-bond acceptors (Lipinski definition) is 4. The molecule has 4 rings (SSSR count). The van der Waals surface area contributed by atoms with E-state index in [0.717, 1.165) is 5.69 Å². The van der Waals surface area contributed by atoms with E-state index in [0.29, 0.717) is 24.0 Å². The second kappa shape index (κ2) is 5.49. The van der Waals surface area contributed by atoms with E-state index in [2.05, 4.69) is 14.8 Å².